The van der Waals surface area contributed by atoms with Crippen LogP contribution in [0.15, 0.2) is 30.3 Å². The molecule has 0 radical (unpaired) electrons. The Bertz CT molecular complexity index is 787. The molecule has 3 aliphatic rings. The quantitative estimate of drug-likeness (QED) is 0.647. The van der Waals surface area contributed by atoms with Crippen LogP contribution in [-0.4, -0.2) is 66.7 Å². The average Bonchev–Trinajstić information content (AvgIpc) is 3.19. The second-order valence-corrected chi connectivity index (χ2v) is 9.26. The van der Waals surface area contributed by atoms with Crippen LogP contribution in [0.25, 0.3) is 0 Å². The van der Waals surface area contributed by atoms with Gasteiger partial charge in [-0.1, -0.05) is 62.4 Å². The number of imide groups is 1. The Labute approximate surface area is 190 Å². The predicted molar refractivity (Wildman–Crippen MR) is 119 cm³/mol. The van der Waals surface area contributed by atoms with Crippen LogP contribution in [-0.2, 0) is 25.5 Å². The highest BCUT2D eigenvalue weighted by atomic mass is 16.6. The maximum Gasteiger partial charge on any atom is 0.416 e. The van der Waals surface area contributed by atoms with Gasteiger partial charge < -0.3 is 14.4 Å². The zero-order chi connectivity index (χ0) is 22.3. The number of benzene rings is 1. The first-order valence-electron chi connectivity index (χ1n) is 12.0. The summed E-state index contributed by atoms with van der Waals surface area (Å²) in [6.45, 7) is 2.39. The topological polar surface area (TPSA) is 76.2 Å². The van der Waals surface area contributed by atoms with Crippen LogP contribution in [0.5, 0.6) is 0 Å². The van der Waals surface area contributed by atoms with Gasteiger partial charge in [0.15, 0.2) is 0 Å². The van der Waals surface area contributed by atoms with Gasteiger partial charge >= 0.3 is 6.09 Å². The van der Waals surface area contributed by atoms with Crippen LogP contribution in [0.3, 0.4) is 0 Å². The molecular weight excluding hydrogens is 408 g/mol. The molecule has 0 aromatic heterocycles. The Morgan fingerprint density at radius 1 is 1.03 bits per heavy atom. The molecule has 174 valence electrons. The largest absolute Gasteiger partial charge is 0.447 e. The Morgan fingerprint density at radius 3 is 2.47 bits per heavy atom. The van der Waals surface area contributed by atoms with Gasteiger partial charge in [-0.25, -0.2) is 9.69 Å². The summed E-state index contributed by atoms with van der Waals surface area (Å²) in [5, 5.41) is 0. The molecule has 3 fully saturated rings. The van der Waals surface area contributed by atoms with Crippen molar-refractivity contribution in [3.63, 3.8) is 0 Å². The second kappa shape index (κ2) is 10.9. The van der Waals surface area contributed by atoms with Crippen molar-refractivity contribution in [2.45, 2.75) is 57.4 Å². The number of ether oxygens (including phenoxy) is 2. The summed E-state index contributed by atoms with van der Waals surface area (Å²) >= 11 is 0. The number of amides is 3. The Morgan fingerprint density at radius 2 is 1.75 bits per heavy atom. The van der Waals surface area contributed by atoms with Gasteiger partial charge in [-0.05, 0) is 24.3 Å². The molecule has 1 aliphatic carbocycles. The molecule has 0 bridgehead atoms. The van der Waals surface area contributed by atoms with Crippen LogP contribution in [0.1, 0.15) is 50.5 Å². The number of carbonyl (C=O) groups is 3. The summed E-state index contributed by atoms with van der Waals surface area (Å²) in [7, 11) is 0. The SMILES string of the molecule is O=C(CC(CC1CCCCC1)C(=O)N1C(=O)OCC1Cc1ccccc1)N1CCOCC1. The van der Waals surface area contributed by atoms with E-state index in [4.69, 9.17) is 9.47 Å². The summed E-state index contributed by atoms with van der Waals surface area (Å²) in [6.07, 6.45) is 6.56. The molecule has 2 heterocycles. The van der Waals surface area contributed by atoms with Crippen LogP contribution in [0, 0.1) is 11.8 Å². The van der Waals surface area contributed by atoms with Gasteiger partial charge in [-0.15, -0.1) is 0 Å². The van der Waals surface area contributed by atoms with E-state index in [1.54, 1.807) is 4.90 Å². The lowest BCUT2D eigenvalue weighted by atomic mass is 9.81. The molecule has 2 atom stereocenters. The number of carbonyl (C=O) groups excluding carboxylic acids is 3. The van der Waals surface area contributed by atoms with Crippen molar-refractivity contribution in [1.29, 1.82) is 0 Å². The highest BCUT2D eigenvalue weighted by molar-refractivity contribution is 5.96. The van der Waals surface area contributed by atoms with Crippen molar-refractivity contribution in [3.05, 3.63) is 35.9 Å². The lowest BCUT2D eigenvalue weighted by Gasteiger charge is -2.32. The van der Waals surface area contributed by atoms with Gasteiger partial charge in [0, 0.05) is 25.4 Å². The zero-order valence-corrected chi connectivity index (χ0v) is 18.7. The van der Waals surface area contributed by atoms with Gasteiger partial charge in [-0.2, -0.15) is 0 Å². The second-order valence-electron chi connectivity index (χ2n) is 9.26. The first-order valence-corrected chi connectivity index (χ1v) is 12.0. The normalized spacial score (nSPS) is 23.1. The first kappa shape index (κ1) is 22.8. The summed E-state index contributed by atoms with van der Waals surface area (Å²) in [4.78, 5) is 42.3. The van der Waals surface area contributed by atoms with E-state index in [2.05, 4.69) is 0 Å². The number of cyclic esters (lactones) is 1. The fourth-order valence-corrected chi connectivity index (χ4v) is 5.21. The standard InChI is InChI=1S/C25H34N2O5/c28-23(26-11-13-31-14-12-26)17-21(15-19-7-3-1-4-8-19)24(29)27-22(18-32-25(27)30)16-20-9-5-2-6-10-20/h2,5-6,9-10,19,21-22H,1,3-4,7-8,11-18H2. The Kier molecular flexibility index (Phi) is 7.79. The molecule has 1 aromatic carbocycles. The third kappa shape index (κ3) is 5.68. The maximum absolute atomic E-state index is 13.7. The third-order valence-corrected chi connectivity index (χ3v) is 6.99. The first-order chi connectivity index (χ1) is 15.6. The average molecular weight is 443 g/mol. The summed E-state index contributed by atoms with van der Waals surface area (Å²) < 4.78 is 10.6. The van der Waals surface area contributed by atoms with E-state index >= 15 is 0 Å². The van der Waals surface area contributed by atoms with Gasteiger partial charge in [0.1, 0.15) is 6.61 Å². The van der Waals surface area contributed by atoms with Crippen molar-refractivity contribution < 1.29 is 23.9 Å². The minimum absolute atomic E-state index is 0.0189. The highest BCUT2D eigenvalue weighted by Gasteiger charge is 2.42. The van der Waals surface area contributed by atoms with E-state index in [-0.39, 0.29) is 30.9 Å². The zero-order valence-electron chi connectivity index (χ0n) is 18.7. The van der Waals surface area contributed by atoms with Gasteiger partial charge in [0.2, 0.25) is 11.8 Å². The number of rotatable bonds is 7. The molecule has 32 heavy (non-hydrogen) atoms. The molecule has 1 aromatic rings. The van der Waals surface area contributed by atoms with Crippen molar-refractivity contribution in [3.8, 4) is 0 Å². The van der Waals surface area contributed by atoms with Gasteiger partial charge in [0.25, 0.3) is 0 Å². The van der Waals surface area contributed by atoms with E-state index in [1.165, 1.54) is 24.2 Å². The van der Waals surface area contributed by atoms with Crippen molar-refractivity contribution in [2.24, 2.45) is 11.8 Å². The molecule has 2 saturated heterocycles. The van der Waals surface area contributed by atoms with Crippen LogP contribution in [0.2, 0.25) is 0 Å². The number of hydrogen-bond donors (Lipinski definition) is 0. The molecule has 3 amide bonds. The van der Waals surface area contributed by atoms with Gasteiger partial charge in [-0.3, -0.25) is 9.59 Å². The van der Waals surface area contributed by atoms with Crippen LogP contribution >= 0.6 is 0 Å². The molecule has 2 aliphatic heterocycles. The molecule has 0 spiro atoms. The lowest BCUT2D eigenvalue weighted by molar-refractivity contribution is -0.142. The third-order valence-electron chi connectivity index (χ3n) is 6.99. The molecule has 2 unspecified atom stereocenters. The molecular formula is C25H34N2O5. The van der Waals surface area contributed by atoms with E-state index in [0.717, 1.165) is 18.4 Å². The summed E-state index contributed by atoms with van der Waals surface area (Å²) in [5.74, 6) is -0.325. The van der Waals surface area contributed by atoms with E-state index < -0.39 is 12.0 Å². The van der Waals surface area contributed by atoms with E-state index in [1.807, 2.05) is 30.3 Å². The molecule has 4 rings (SSSR count). The number of nitrogens with zero attached hydrogens (tertiary/aromatic N) is 2. The molecule has 0 N–H and O–H groups in total. The Hall–Kier alpha value is -2.41. The Balaban J connectivity index is 1.48. The summed E-state index contributed by atoms with van der Waals surface area (Å²) in [6, 6.07) is 9.50. The van der Waals surface area contributed by atoms with E-state index in [9.17, 15) is 14.4 Å². The van der Waals surface area contributed by atoms with Gasteiger partial charge in [0.05, 0.1) is 19.3 Å². The predicted octanol–water partition coefficient (Wildman–Crippen LogP) is 3.41. The van der Waals surface area contributed by atoms with Crippen LogP contribution < -0.4 is 0 Å². The molecule has 7 heteroatoms. The molecule has 1 saturated carbocycles. The fourth-order valence-electron chi connectivity index (χ4n) is 5.21. The fraction of sp³-hybridized carbons (Fsp3) is 0.640. The number of morpholine rings is 1. The highest BCUT2D eigenvalue weighted by Crippen LogP contribution is 2.32. The van der Waals surface area contributed by atoms with Crippen molar-refractivity contribution in [2.75, 3.05) is 32.9 Å². The monoisotopic (exact) mass is 442 g/mol. The van der Waals surface area contributed by atoms with Crippen LogP contribution in [0.4, 0.5) is 4.79 Å². The minimum atomic E-state index is -0.580. The summed E-state index contributed by atoms with van der Waals surface area (Å²) in [5.41, 5.74) is 1.06. The van der Waals surface area contributed by atoms with E-state index in [0.29, 0.717) is 45.1 Å². The molecule has 7 nitrogen and oxygen atoms in total. The maximum atomic E-state index is 13.7. The van der Waals surface area contributed by atoms with Crippen molar-refractivity contribution in [1.82, 2.24) is 9.80 Å². The smallest absolute Gasteiger partial charge is 0.416 e. The van der Waals surface area contributed by atoms with Crippen molar-refractivity contribution >= 4 is 17.9 Å². The number of hydrogen-bond acceptors (Lipinski definition) is 5. The minimum Gasteiger partial charge on any atom is -0.447 e. The lowest BCUT2D eigenvalue weighted by Crippen LogP contribution is -2.46.